The number of aryl methyl sites for hydroxylation is 1. The zero-order valence-corrected chi connectivity index (χ0v) is 7.52. The Morgan fingerprint density at radius 3 is 2.43 bits per heavy atom. The van der Waals surface area contributed by atoms with Gasteiger partial charge in [-0.15, -0.1) is 0 Å². The van der Waals surface area contributed by atoms with Gasteiger partial charge in [0.25, 0.3) is 0 Å². The zero-order valence-electron chi connectivity index (χ0n) is 7.52. The maximum absolute atomic E-state index is 11.5. The van der Waals surface area contributed by atoms with Crippen molar-refractivity contribution >= 4 is 17.1 Å². The smallest absolute Gasteiger partial charge is 0.295 e. The van der Waals surface area contributed by atoms with Crippen LogP contribution >= 0.6 is 0 Å². The molecule has 1 aromatic heterocycles. The Kier molecular flexibility index (Phi) is 1.67. The molecule has 0 aliphatic rings. The molecule has 1 N–H and O–H groups in total. The summed E-state index contributed by atoms with van der Waals surface area (Å²) in [7, 11) is 1.57. The van der Waals surface area contributed by atoms with Gasteiger partial charge in [0, 0.05) is 7.05 Å². The van der Waals surface area contributed by atoms with Gasteiger partial charge in [-0.05, 0) is 12.1 Å². The molecule has 1 radical (unpaired) electrons. The molecular weight excluding hydrogens is 182 g/mol. The van der Waals surface area contributed by atoms with Crippen molar-refractivity contribution in [2.75, 3.05) is 0 Å². The van der Waals surface area contributed by atoms with Crippen LogP contribution < -0.4 is 11.4 Å². The van der Waals surface area contributed by atoms with Crippen molar-refractivity contribution in [2.45, 2.75) is 0 Å². The molecule has 0 saturated heterocycles. The van der Waals surface area contributed by atoms with Gasteiger partial charge >= 0.3 is 11.7 Å². The number of nitrogens with one attached hydrogen (secondary N) is 1. The molecule has 0 bridgehead atoms. The van der Waals surface area contributed by atoms with Crippen LogP contribution in [-0.2, 0) is 7.05 Å². The van der Waals surface area contributed by atoms with E-state index in [9.17, 15) is 9.59 Å². The van der Waals surface area contributed by atoms with Gasteiger partial charge in [-0.25, -0.2) is 19.9 Å². The van der Waals surface area contributed by atoms with E-state index in [1.807, 2.05) is 0 Å². The van der Waals surface area contributed by atoms with E-state index in [-0.39, 0.29) is 0 Å². The van der Waals surface area contributed by atoms with Crippen LogP contribution in [0.5, 0.6) is 0 Å². The van der Waals surface area contributed by atoms with Crippen LogP contribution in [0, 0.1) is 0 Å². The Morgan fingerprint density at radius 1 is 1.29 bits per heavy atom. The molecule has 1 amide bonds. The number of nitrogens with zero attached hydrogens (tertiary/aromatic N) is 2. The number of amides is 1. The number of imidazole rings is 1. The topological polar surface area (TPSA) is 67.8 Å². The molecule has 71 valence electrons. The lowest BCUT2D eigenvalue weighted by Gasteiger charge is -1.93. The molecule has 2 aromatic rings. The quantitative estimate of drug-likeness (QED) is 0.610. The summed E-state index contributed by atoms with van der Waals surface area (Å²) in [4.78, 5) is 22.4. The van der Waals surface area contributed by atoms with Crippen molar-refractivity contribution in [3.05, 3.63) is 34.7 Å². The van der Waals surface area contributed by atoms with Gasteiger partial charge in [-0.2, -0.15) is 0 Å². The summed E-state index contributed by atoms with van der Waals surface area (Å²) < 4.78 is 2.19. The monoisotopic (exact) mass is 190 g/mol. The lowest BCUT2D eigenvalue weighted by atomic mass is 10.3. The number of para-hydroxylation sites is 2. The number of hydrogen-bond acceptors (Lipinski definition) is 2. The minimum atomic E-state index is -1.01. The highest BCUT2D eigenvalue weighted by Crippen LogP contribution is 2.10. The van der Waals surface area contributed by atoms with Crippen molar-refractivity contribution in [1.29, 1.82) is 0 Å². The molecule has 2 rings (SSSR count). The van der Waals surface area contributed by atoms with Crippen molar-refractivity contribution in [3.63, 3.8) is 0 Å². The SMILES string of the molecule is Cn1c(=O)n(C([NH])=O)c2ccccc21. The fraction of sp³-hybridized carbons (Fsp3) is 0.111. The second kappa shape index (κ2) is 2.73. The lowest BCUT2D eigenvalue weighted by Crippen LogP contribution is -2.27. The maximum atomic E-state index is 11.5. The Balaban J connectivity index is 3.03. The number of benzene rings is 1. The van der Waals surface area contributed by atoms with Gasteiger partial charge in [0.15, 0.2) is 0 Å². The van der Waals surface area contributed by atoms with Crippen LogP contribution in [0.15, 0.2) is 29.1 Å². The number of hydrogen-bond donors (Lipinski definition) is 0. The summed E-state index contributed by atoms with van der Waals surface area (Å²) in [5.41, 5.74) is 7.61. The Bertz CT molecular complexity index is 565. The summed E-state index contributed by atoms with van der Waals surface area (Å²) in [5.74, 6) is 0. The number of carbonyl (C=O) groups excluding carboxylic acids is 1. The van der Waals surface area contributed by atoms with Gasteiger partial charge in [0.05, 0.1) is 11.0 Å². The molecule has 0 saturated carbocycles. The van der Waals surface area contributed by atoms with E-state index in [0.29, 0.717) is 11.0 Å². The van der Waals surface area contributed by atoms with Crippen LogP contribution in [0.1, 0.15) is 0 Å². The zero-order chi connectivity index (χ0) is 10.3. The van der Waals surface area contributed by atoms with Crippen LogP contribution in [-0.4, -0.2) is 15.2 Å². The van der Waals surface area contributed by atoms with Crippen molar-refractivity contribution < 1.29 is 4.79 Å². The van der Waals surface area contributed by atoms with Crippen LogP contribution in [0.25, 0.3) is 11.0 Å². The molecule has 0 aliphatic carbocycles. The first-order valence-electron chi connectivity index (χ1n) is 4.05. The standard InChI is InChI=1S/C9H8N3O2/c1-11-6-4-2-3-5-7(6)12(8(10)13)9(11)14/h2-5,10H,1H3. The van der Waals surface area contributed by atoms with E-state index in [4.69, 9.17) is 5.73 Å². The average molecular weight is 190 g/mol. The second-order valence-electron chi connectivity index (χ2n) is 2.97. The van der Waals surface area contributed by atoms with Crippen LogP contribution in [0.3, 0.4) is 0 Å². The normalized spacial score (nSPS) is 10.6. The molecule has 0 atom stereocenters. The van der Waals surface area contributed by atoms with E-state index < -0.39 is 11.7 Å². The highest BCUT2D eigenvalue weighted by molar-refractivity contribution is 5.88. The van der Waals surface area contributed by atoms with Crippen molar-refractivity contribution in [3.8, 4) is 0 Å². The second-order valence-corrected chi connectivity index (χ2v) is 2.97. The van der Waals surface area contributed by atoms with Crippen LogP contribution in [0.2, 0.25) is 0 Å². The number of fused-ring (bicyclic) bond motifs is 1. The van der Waals surface area contributed by atoms with E-state index in [2.05, 4.69) is 0 Å². The largest absolute Gasteiger partial charge is 0.349 e. The molecule has 0 fully saturated rings. The third-order valence-electron chi connectivity index (χ3n) is 2.17. The first kappa shape index (κ1) is 8.55. The Morgan fingerprint density at radius 2 is 1.86 bits per heavy atom. The summed E-state index contributed by atoms with van der Waals surface area (Å²) in [5, 5.41) is 0. The average Bonchev–Trinajstić information content (AvgIpc) is 2.41. The first-order chi connectivity index (χ1) is 6.63. The highest BCUT2D eigenvalue weighted by Gasteiger charge is 2.13. The highest BCUT2D eigenvalue weighted by atomic mass is 16.2. The summed E-state index contributed by atoms with van der Waals surface area (Å²) in [6, 6.07) is 5.87. The first-order valence-corrected chi connectivity index (χ1v) is 4.05. The van der Waals surface area contributed by atoms with Crippen molar-refractivity contribution in [2.24, 2.45) is 7.05 Å². The Hall–Kier alpha value is -2.04. The van der Waals surface area contributed by atoms with E-state index in [1.165, 1.54) is 4.57 Å². The van der Waals surface area contributed by atoms with Gasteiger partial charge in [-0.1, -0.05) is 12.1 Å². The third-order valence-corrected chi connectivity index (χ3v) is 2.17. The predicted octanol–water partition coefficient (Wildman–Crippen LogP) is 0.591. The van der Waals surface area contributed by atoms with Gasteiger partial charge in [-0.3, -0.25) is 4.57 Å². The molecule has 14 heavy (non-hydrogen) atoms. The van der Waals surface area contributed by atoms with Crippen LogP contribution in [0.4, 0.5) is 4.79 Å². The van der Waals surface area contributed by atoms with Gasteiger partial charge in [0.1, 0.15) is 0 Å². The minimum Gasteiger partial charge on any atom is -0.295 e. The molecule has 5 nitrogen and oxygen atoms in total. The van der Waals surface area contributed by atoms with Crippen molar-refractivity contribution in [1.82, 2.24) is 14.9 Å². The molecule has 0 aliphatic heterocycles. The van der Waals surface area contributed by atoms with E-state index in [1.54, 1.807) is 31.3 Å². The number of rotatable bonds is 0. The molecular formula is C9H8N3O2. The summed E-state index contributed by atoms with van der Waals surface area (Å²) in [6.07, 6.45) is 0. The molecule has 1 heterocycles. The summed E-state index contributed by atoms with van der Waals surface area (Å²) in [6.45, 7) is 0. The molecule has 5 heteroatoms. The Labute approximate surface area is 79.4 Å². The van der Waals surface area contributed by atoms with E-state index in [0.717, 1.165) is 4.57 Å². The molecule has 0 spiro atoms. The predicted molar refractivity (Wildman–Crippen MR) is 51.1 cm³/mol. The molecule has 1 aromatic carbocycles. The van der Waals surface area contributed by atoms with Gasteiger partial charge in [0.2, 0.25) is 0 Å². The lowest BCUT2D eigenvalue weighted by molar-refractivity contribution is 0.249. The fourth-order valence-electron chi connectivity index (χ4n) is 1.49. The number of aromatic nitrogens is 2. The van der Waals surface area contributed by atoms with E-state index >= 15 is 0 Å². The minimum absolute atomic E-state index is 0.472. The fourth-order valence-corrected chi connectivity index (χ4v) is 1.49. The molecule has 0 unspecified atom stereocenters. The third kappa shape index (κ3) is 0.953. The number of carbonyl (C=O) groups is 1. The maximum Gasteiger partial charge on any atom is 0.349 e. The summed E-state index contributed by atoms with van der Waals surface area (Å²) >= 11 is 0. The van der Waals surface area contributed by atoms with Gasteiger partial charge < -0.3 is 0 Å².